The Balaban J connectivity index is 2.07. The predicted octanol–water partition coefficient (Wildman–Crippen LogP) is 4.37. The van der Waals surface area contributed by atoms with E-state index in [4.69, 9.17) is 0 Å². The van der Waals surface area contributed by atoms with E-state index in [1.807, 2.05) is 0 Å². The zero-order valence-electron chi connectivity index (χ0n) is 14.1. The van der Waals surface area contributed by atoms with E-state index in [0.717, 1.165) is 12.8 Å². The van der Waals surface area contributed by atoms with E-state index in [0.29, 0.717) is 5.66 Å². The van der Waals surface area contributed by atoms with Gasteiger partial charge in [-0.15, -0.1) is 0 Å². The summed E-state index contributed by atoms with van der Waals surface area (Å²) in [4.78, 5) is 0. The zero-order chi connectivity index (χ0) is 16.1. The minimum Gasteiger partial charge on any atom is -0.389 e. The van der Waals surface area contributed by atoms with Crippen molar-refractivity contribution in [1.29, 1.82) is 0 Å². The molecule has 1 aliphatic rings. The molecular formula is C21H28OP+. The molecule has 0 aromatic heterocycles. The van der Waals surface area contributed by atoms with Crippen LogP contribution < -0.4 is 10.6 Å². The van der Waals surface area contributed by atoms with Crippen LogP contribution in [0.15, 0.2) is 60.7 Å². The fourth-order valence-electron chi connectivity index (χ4n) is 4.05. The van der Waals surface area contributed by atoms with Crippen molar-refractivity contribution in [2.75, 3.05) is 6.66 Å². The molecule has 23 heavy (non-hydrogen) atoms. The summed E-state index contributed by atoms with van der Waals surface area (Å²) in [6.07, 6.45) is 6.93. The van der Waals surface area contributed by atoms with Crippen LogP contribution in [0.1, 0.15) is 38.5 Å². The van der Waals surface area contributed by atoms with Gasteiger partial charge in [0, 0.05) is 0 Å². The average molecular weight is 327 g/mol. The summed E-state index contributed by atoms with van der Waals surface area (Å²) in [5.74, 6) is 0. The normalized spacial score (nSPS) is 23.0. The fraction of sp³-hybridized carbons (Fsp3) is 0.429. The molecule has 1 nitrogen and oxygen atoms in total. The Hall–Kier alpha value is -1.17. The first kappa shape index (κ1) is 16.7. The highest BCUT2D eigenvalue weighted by Crippen LogP contribution is 2.60. The van der Waals surface area contributed by atoms with Gasteiger partial charge in [0.05, 0.1) is 30.6 Å². The molecule has 3 rings (SSSR count). The summed E-state index contributed by atoms with van der Waals surface area (Å²) < 4.78 is 0. The summed E-state index contributed by atoms with van der Waals surface area (Å²) in [6, 6.07) is 21.8. The molecule has 2 aromatic rings. The Kier molecular flexibility index (Phi) is 5.51. The van der Waals surface area contributed by atoms with E-state index in [1.54, 1.807) is 0 Å². The first-order chi connectivity index (χ1) is 11.2. The van der Waals surface area contributed by atoms with Crippen molar-refractivity contribution < 1.29 is 5.11 Å². The molecule has 122 valence electrons. The minimum absolute atomic E-state index is 0.172. The summed E-state index contributed by atoms with van der Waals surface area (Å²) in [5.41, 5.74) is 0.382. The molecular weight excluding hydrogens is 299 g/mol. The second-order valence-corrected chi connectivity index (χ2v) is 10.7. The lowest BCUT2D eigenvalue weighted by molar-refractivity contribution is 0.146. The molecule has 0 heterocycles. The van der Waals surface area contributed by atoms with Crippen molar-refractivity contribution in [3.8, 4) is 0 Å². The van der Waals surface area contributed by atoms with Gasteiger partial charge in [0.25, 0.3) is 0 Å². The van der Waals surface area contributed by atoms with Crippen LogP contribution in [-0.4, -0.2) is 23.5 Å². The van der Waals surface area contributed by atoms with E-state index in [2.05, 4.69) is 67.3 Å². The Bertz CT molecular complexity index is 556. The Labute approximate surface area is 141 Å². The van der Waals surface area contributed by atoms with Crippen molar-refractivity contribution in [2.45, 2.75) is 50.3 Å². The van der Waals surface area contributed by atoms with Gasteiger partial charge in [0.2, 0.25) is 0 Å². The van der Waals surface area contributed by atoms with Gasteiger partial charge in [-0.25, -0.2) is 0 Å². The zero-order valence-corrected chi connectivity index (χ0v) is 15.0. The van der Waals surface area contributed by atoms with E-state index in [1.165, 1.54) is 36.3 Å². The molecule has 0 amide bonds. The van der Waals surface area contributed by atoms with Gasteiger partial charge >= 0.3 is 0 Å². The van der Waals surface area contributed by atoms with Gasteiger partial charge in [-0.3, -0.25) is 0 Å². The lowest BCUT2D eigenvalue weighted by atomic mass is 9.98. The largest absolute Gasteiger partial charge is 0.389 e. The molecule has 0 radical (unpaired) electrons. The number of aliphatic hydroxyl groups is 1. The molecule has 1 saturated carbocycles. The molecule has 2 atom stereocenters. The van der Waals surface area contributed by atoms with Crippen LogP contribution in [0.5, 0.6) is 0 Å². The van der Waals surface area contributed by atoms with Gasteiger partial charge in [0.15, 0.2) is 0 Å². The lowest BCUT2D eigenvalue weighted by Gasteiger charge is -2.35. The van der Waals surface area contributed by atoms with E-state index in [-0.39, 0.29) is 6.10 Å². The van der Waals surface area contributed by atoms with Crippen LogP contribution in [0.2, 0.25) is 0 Å². The molecule has 0 saturated heterocycles. The van der Waals surface area contributed by atoms with E-state index >= 15 is 0 Å². The number of hydrogen-bond donors (Lipinski definition) is 1. The molecule has 0 bridgehead atoms. The van der Waals surface area contributed by atoms with Crippen molar-refractivity contribution in [3.05, 3.63) is 60.7 Å². The van der Waals surface area contributed by atoms with Crippen molar-refractivity contribution >= 4 is 17.9 Å². The van der Waals surface area contributed by atoms with E-state index < -0.39 is 7.26 Å². The minimum atomic E-state index is -1.60. The molecule has 0 aliphatic heterocycles. The summed E-state index contributed by atoms with van der Waals surface area (Å²) >= 11 is 0. The van der Waals surface area contributed by atoms with Crippen LogP contribution in [0.3, 0.4) is 0 Å². The Morgan fingerprint density at radius 2 is 1.22 bits per heavy atom. The molecule has 1 N–H and O–H groups in total. The fourth-order valence-corrected chi connectivity index (χ4v) is 8.24. The lowest BCUT2D eigenvalue weighted by Crippen LogP contribution is -2.38. The highest BCUT2D eigenvalue weighted by Gasteiger charge is 2.48. The topological polar surface area (TPSA) is 20.2 Å². The average Bonchev–Trinajstić information content (AvgIpc) is 2.59. The van der Waals surface area contributed by atoms with Crippen LogP contribution in [0, 0.1) is 0 Å². The van der Waals surface area contributed by atoms with Crippen molar-refractivity contribution in [1.82, 2.24) is 0 Å². The summed E-state index contributed by atoms with van der Waals surface area (Å²) in [6.45, 7) is 2.44. The maximum absolute atomic E-state index is 11.0. The van der Waals surface area contributed by atoms with Gasteiger partial charge in [-0.1, -0.05) is 55.7 Å². The SMILES string of the molecule is C[P+](c1ccccc1)(c1ccccc1)[C@@H]1CCCCCC[C@H]1O. The standard InChI is InChI=1S/C21H28OP/c1-23(18-12-6-4-7-13-18,19-14-8-5-9-15-19)21-17-11-3-2-10-16-20(21)22/h4-9,12-15,20-22H,2-3,10-11,16-17H2,1H3/q+1/t20-,21-/m1/s1. The van der Waals surface area contributed by atoms with Crippen LogP contribution in [-0.2, 0) is 0 Å². The highest BCUT2D eigenvalue weighted by molar-refractivity contribution is 7.89. The van der Waals surface area contributed by atoms with Crippen molar-refractivity contribution in [3.63, 3.8) is 0 Å². The van der Waals surface area contributed by atoms with Gasteiger partial charge in [-0.2, -0.15) is 0 Å². The number of rotatable bonds is 3. The molecule has 2 heteroatoms. The predicted molar refractivity (Wildman–Crippen MR) is 102 cm³/mol. The molecule has 0 spiro atoms. The smallest absolute Gasteiger partial charge is 0.105 e. The maximum Gasteiger partial charge on any atom is 0.105 e. The Morgan fingerprint density at radius 3 is 1.74 bits per heavy atom. The third kappa shape index (κ3) is 3.52. The maximum atomic E-state index is 11.0. The van der Waals surface area contributed by atoms with E-state index in [9.17, 15) is 5.11 Å². The number of benzene rings is 2. The Morgan fingerprint density at radius 1 is 0.739 bits per heavy atom. The molecule has 0 unspecified atom stereocenters. The number of aliphatic hydroxyl groups excluding tert-OH is 1. The first-order valence-electron chi connectivity index (χ1n) is 8.88. The first-order valence-corrected chi connectivity index (χ1v) is 11.2. The van der Waals surface area contributed by atoms with Crippen molar-refractivity contribution in [2.24, 2.45) is 0 Å². The molecule has 2 aromatic carbocycles. The summed E-state index contributed by atoms with van der Waals surface area (Å²) in [5, 5.41) is 13.8. The van der Waals surface area contributed by atoms with Crippen LogP contribution in [0.25, 0.3) is 0 Å². The third-order valence-corrected chi connectivity index (χ3v) is 10.1. The van der Waals surface area contributed by atoms with Crippen LogP contribution >= 0.6 is 7.26 Å². The molecule has 1 fully saturated rings. The third-order valence-electron chi connectivity index (χ3n) is 5.44. The van der Waals surface area contributed by atoms with Gasteiger partial charge < -0.3 is 5.11 Å². The molecule has 1 aliphatic carbocycles. The van der Waals surface area contributed by atoms with Crippen LogP contribution in [0.4, 0.5) is 0 Å². The monoisotopic (exact) mass is 327 g/mol. The summed E-state index contributed by atoms with van der Waals surface area (Å²) in [7, 11) is -1.60. The highest BCUT2D eigenvalue weighted by atomic mass is 31.2. The van der Waals surface area contributed by atoms with Gasteiger partial charge in [-0.05, 0) is 43.5 Å². The van der Waals surface area contributed by atoms with Gasteiger partial charge in [0.1, 0.15) is 5.66 Å². The second kappa shape index (κ2) is 7.60. The quantitative estimate of drug-likeness (QED) is 0.830. The second-order valence-electron chi connectivity index (χ2n) is 6.87. The number of hydrogen-bond acceptors (Lipinski definition) is 1.